The number of carboxylic acid groups (broad SMARTS) is 1. The molecule has 0 spiro atoms. The number of fused-ring (bicyclic) bond motifs is 1. The average Bonchev–Trinajstić information content (AvgIpc) is 2.35. The van der Waals surface area contributed by atoms with Crippen molar-refractivity contribution in [2.24, 2.45) is 5.92 Å². The zero-order chi connectivity index (χ0) is 13.1. The molecule has 3 nitrogen and oxygen atoms in total. The van der Waals surface area contributed by atoms with Gasteiger partial charge >= 0.3 is 5.97 Å². The van der Waals surface area contributed by atoms with Crippen LogP contribution in [0.25, 0.3) is 10.9 Å². The van der Waals surface area contributed by atoms with E-state index in [1.54, 1.807) is 0 Å². The van der Waals surface area contributed by atoms with Gasteiger partial charge in [-0.1, -0.05) is 38.1 Å². The first-order chi connectivity index (χ1) is 8.58. The molecule has 2 rings (SSSR count). The number of aliphatic carboxylic acids is 1. The van der Waals surface area contributed by atoms with Gasteiger partial charge in [-0.3, -0.25) is 9.78 Å². The third-order valence-corrected chi connectivity index (χ3v) is 2.98. The van der Waals surface area contributed by atoms with Crippen LogP contribution in [0.5, 0.6) is 0 Å². The average molecular weight is 243 g/mol. The number of aromatic nitrogens is 1. The van der Waals surface area contributed by atoms with Crippen LogP contribution in [-0.4, -0.2) is 16.1 Å². The van der Waals surface area contributed by atoms with Gasteiger partial charge in [0.15, 0.2) is 0 Å². The Bertz CT molecular complexity index is 563. The van der Waals surface area contributed by atoms with E-state index < -0.39 is 11.9 Å². The lowest BCUT2D eigenvalue weighted by molar-refractivity contribution is -0.139. The van der Waals surface area contributed by atoms with Crippen LogP contribution in [0.3, 0.4) is 0 Å². The predicted octanol–water partition coefficient (Wildman–Crippen LogP) is 3.45. The van der Waals surface area contributed by atoms with Gasteiger partial charge in [-0.25, -0.2) is 0 Å². The Balaban J connectivity index is 2.41. The van der Waals surface area contributed by atoms with Gasteiger partial charge in [0.1, 0.15) is 0 Å². The van der Waals surface area contributed by atoms with Gasteiger partial charge in [0.25, 0.3) is 0 Å². The minimum absolute atomic E-state index is 0.333. The molecular weight excluding hydrogens is 226 g/mol. The van der Waals surface area contributed by atoms with E-state index in [2.05, 4.69) is 4.98 Å². The predicted molar refractivity (Wildman–Crippen MR) is 71.6 cm³/mol. The van der Waals surface area contributed by atoms with Crippen molar-refractivity contribution in [3.63, 3.8) is 0 Å². The van der Waals surface area contributed by atoms with Crippen LogP contribution in [0.1, 0.15) is 31.9 Å². The number of para-hydroxylation sites is 1. The van der Waals surface area contributed by atoms with E-state index in [0.29, 0.717) is 18.0 Å². The van der Waals surface area contributed by atoms with E-state index in [1.165, 1.54) is 0 Å². The van der Waals surface area contributed by atoms with Crippen molar-refractivity contribution in [1.29, 1.82) is 0 Å². The molecule has 1 aromatic carbocycles. The van der Waals surface area contributed by atoms with Crippen LogP contribution in [0.2, 0.25) is 0 Å². The fraction of sp³-hybridized carbons (Fsp3) is 0.333. The third-order valence-electron chi connectivity index (χ3n) is 2.98. The number of pyridine rings is 1. The van der Waals surface area contributed by atoms with Crippen molar-refractivity contribution in [3.05, 3.63) is 42.1 Å². The van der Waals surface area contributed by atoms with Crippen LogP contribution in [0.4, 0.5) is 0 Å². The van der Waals surface area contributed by atoms with Gasteiger partial charge < -0.3 is 5.11 Å². The fourth-order valence-corrected chi connectivity index (χ4v) is 2.10. The highest BCUT2D eigenvalue weighted by atomic mass is 16.4. The quantitative estimate of drug-likeness (QED) is 0.894. The topological polar surface area (TPSA) is 50.2 Å². The summed E-state index contributed by atoms with van der Waals surface area (Å²) >= 11 is 0. The Hall–Kier alpha value is -1.90. The summed E-state index contributed by atoms with van der Waals surface area (Å²) < 4.78 is 0. The minimum atomic E-state index is -0.800. The summed E-state index contributed by atoms with van der Waals surface area (Å²) in [6, 6.07) is 11.5. The van der Waals surface area contributed by atoms with Gasteiger partial charge in [-0.15, -0.1) is 0 Å². The number of carboxylic acids is 1. The molecule has 0 aliphatic carbocycles. The normalized spacial score (nSPS) is 12.8. The molecule has 2 aromatic rings. The van der Waals surface area contributed by atoms with Crippen molar-refractivity contribution in [1.82, 2.24) is 4.98 Å². The van der Waals surface area contributed by atoms with E-state index in [-0.39, 0.29) is 0 Å². The Kier molecular flexibility index (Phi) is 3.60. The first-order valence-corrected chi connectivity index (χ1v) is 6.16. The SMILES string of the molecule is CC(C)CC(C(=O)O)c1ccc2ccccc2n1. The molecule has 0 aliphatic rings. The second-order valence-electron chi connectivity index (χ2n) is 4.95. The molecule has 0 saturated carbocycles. The van der Waals surface area contributed by atoms with Crippen molar-refractivity contribution < 1.29 is 9.90 Å². The highest BCUT2D eigenvalue weighted by Crippen LogP contribution is 2.24. The van der Waals surface area contributed by atoms with Crippen molar-refractivity contribution in [2.45, 2.75) is 26.2 Å². The molecule has 3 heteroatoms. The van der Waals surface area contributed by atoms with E-state index in [4.69, 9.17) is 0 Å². The number of carbonyl (C=O) groups is 1. The Morgan fingerprint density at radius 3 is 2.61 bits per heavy atom. The molecule has 0 aliphatic heterocycles. The zero-order valence-corrected chi connectivity index (χ0v) is 10.6. The lowest BCUT2D eigenvalue weighted by atomic mass is 9.93. The van der Waals surface area contributed by atoms with Crippen molar-refractivity contribution in [3.8, 4) is 0 Å². The van der Waals surface area contributed by atoms with Crippen LogP contribution >= 0.6 is 0 Å². The van der Waals surface area contributed by atoms with E-state index in [1.807, 2.05) is 50.2 Å². The largest absolute Gasteiger partial charge is 0.481 e. The molecule has 1 atom stereocenters. The van der Waals surface area contributed by atoms with E-state index in [0.717, 1.165) is 10.9 Å². The molecule has 1 unspecified atom stereocenters. The molecule has 94 valence electrons. The molecule has 0 amide bonds. The number of rotatable bonds is 4. The highest BCUT2D eigenvalue weighted by molar-refractivity contribution is 5.81. The Morgan fingerprint density at radius 2 is 1.94 bits per heavy atom. The van der Waals surface area contributed by atoms with Crippen LogP contribution in [-0.2, 0) is 4.79 Å². The molecule has 18 heavy (non-hydrogen) atoms. The van der Waals surface area contributed by atoms with Gasteiger partial charge in [-0.2, -0.15) is 0 Å². The van der Waals surface area contributed by atoms with Crippen molar-refractivity contribution in [2.75, 3.05) is 0 Å². The fourth-order valence-electron chi connectivity index (χ4n) is 2.10. The standard InChI is InChI=1S/C15H17NO2/c1-10(2)9-12(15(17)18)14-8-7-11-5-3-4-6-13(11)16-14/h3-8,10,12H,9H2,1-2H3,(H,17,18). The van der Waals surface area contributed by atoms with Crippen LogP contribution in [0.15, 0.2) is 36.4 Å². The molecule has 1 heterocycles. The van der Waals surface area contributed by atoms with Gasteiger partial charge in [-0.05, 0) is 24.5 Å². The summed E-state index contributed by atoms with van der Waals surface area (Å²) in [4.78, 5) is 15.8. The molecule has 1 N–H and O–H groups in total. The van der Waals surface area contributed by atoms with Crippen LogP contribution < -0.4 is 0 Å². The summed E-state index contributed by atoms with van der Waals surface area (Å²) in [6.07, 6.45) is 0.612. The van der Waals surface area contributed by atoms with Crippen molar-refractivity contribution >= 4 is 16.9 Å². The summed E-state index contributed by atoms with van der Waals surface area (Å²) in [6.45, 7) is 4.05. The number of benzene rings is 1. The summed E-state index contributed by atoms with van der Waals surface area (Å²) in [5, 5.41) is 10.3. The highest BCUT2D eigenvalue weighted by Gasteiger charge is 2.22. The first kappa shape index (κ1) is 12.6. The van der Waals surface area contributed by atoms with Gasteiger partial charge in [0.2, 0.25) is 0 Å². The molecule has 0 fully saturated rings. The van der Waals surface area contributed by atoms with Crippen LogP contribution in [0, 0.1) is 5.92 Å². The second-order valence-corrected chi connectivity index (χ2v) is 4.95. The maximum atomic E-state index is 11.3. The summed E-state index contributed by atoms with van der Waals surface area (Å²) in [5.74, 6) is -0.986. The third kappa shape index (κ3) is 2.67. The lowest BCUT2D eigenvalue weighted by Crippen LogP contribution is -2.15. The number of hydrogen-bond donors (Lipinski definition) is 1. The van der Waals surface area contributed by atoms with Gasteiger partial charge in [0.05, 0.1) is 17.1 Å². The summed E-state index contributed by atoms with van der Waals surface area (Å²) in [7, 11) is 0. The zero-order valence-electron chi connectivity index (χ0n) is 10.6. The second kappa shape index (κ2) is 5.17. The maximum absolute atomic E-state index is 11.3. The monoisotopic (exact) mass is 243 g/mol. The Labute approximate surface area is 106 Å². The summed E-state index contributed by atoms with van der Waals surface area (Å²) in [5.41, 5.74) is 1.50. The number of hydrogen-bond acceptors (Lipinski definition) is 2. The maximum Gasteiger partial charge on any atom is 0.312 e. The number of nitrogens with zero attached hydrogens (tertiary/aromatic N) is 1. The van der Waals surface area contributed by atoms with Gasteiger partial charge in [0, 0.05) is 5.39 Å². The smallest absolute Gasteiger partial charge is 0.312 e. The minimum Gasteiger partial charge on any atom is -0.481 e. The van der Waals surface area contributed by atoms with E-state index in [9.17, 15) is 9.90 Å². The van der Waals surface area contributed by atoms with E-state index >= 15 is 0 Å². The molecular formula is C15H17NO2. The molecule has 0 bridgehead atoms. The first-order valence-electron chi connectivity index (χ1n) is 6.16. The Morgan fingerprint density at radius 1 is 1.22 bits per heavy atom. The molecule has 1 aromatic heterocycles. The lowest BCUT2D eigenvalue weighted by Gasteiger charge is -2.14. The molecule has 0 radical (unpaired) electrons. The molecule has 0 saturated heterocycles.